The molecule has 1 aromatic carbocycles. The second-order valence-electron chi connectivity index (χ2n) is 4.91. The molecule has 2 aliphatic heterocycles. The molecule has 1 aromatic rings. The van der Waals surface area contributed by atoms with Crippen LogP contribution in [0.5, 0.6) is 0 Å². The molecule has 1 amide bonds. The minimum absolute atomic E-state index is 0.0115. The molecule has 3 nitrogen and oxygen atoms in total. The van der Waals surface area contributed by atoms with Crippen molar-refractivity contribution in [1.82, 2.24) is 0 Å². The quantitative estimate of drug-likeness (QED) is 0.798. The molecule has 4 heteroatoms. The number of carbonyl (C=O) groups excluding carboxylic acids is 1. The minimum Gasteiger partial charge on any atom is -0.358 e. The maximum absolute atomic E-state index is 12.1. The topological polar surface area (TPSA) is 32.3 Å². The van der Waals surface area contributed by atoms with Gasteiger partial charge in [-0.3, -0.25) is 4.79 Å². The molecule has 0 bridgehead atoms. The van der Waals surface area contributed by atoms with E-state index in [0.29, 0.717) is 5.92 Å². The molecule has 1 N–H and O–H groups in total. The fourth-order valence-electron chi connectivity index (χ4n) is 2.92. The van der Waals surface area contributed by atoms with Gasteiger partial charge in [0, 0.05) is 11.0 Å². The van der Waals surface area contributed by atoms with Crippen molar-refractivity contribution in [3.05, 3.63) is 22.7 Å². The number of rotatable bonds is 0. The molecular weight excluding hydrogens is 280 g/mol. The van der Waals surface area contributed by atoms with E-state index in [1.54, 1.807) is 0 Å². The van der Waals surface area contributed by atoms with Gasteiger partial charge < -0.3 is 10.2 Å². The number of piperidine rings is 1. The Hall–Kier alpha value is -1.03. The number of amides is 1. The predicted octanol–water partition coefficient (Wildman–Crippen LogP) is 3.01. The summed E-state index contributed by atoms with van der Waals surface area (Å²) in [4.78, 5) is 14.4. The molecule has 0 radical (unpaired) electrons. The molecule has 0 aromatic heterocycles. The van der Waals surface area contributed by atoms with Gasteiger partial charge in [0.15, 0.2) is 0 Å². The van der Waals surface area contributed by atoms with E-state index in [9.17, 15) is 4.79 Å². The van der Waals surface area contributed by atoms with Crippen molar-refractivity contribution in [2.75, 3.05) is 16.8 Å². The molecule has 0 spiro atoms. The molecule has 2 aliphatic rings. The lowest BCUT2D eigenvalue weighted by molar-refractivity contribution is -0.119. The largest absolute Gasteiger partial charge is 0.358 e. The molecule has 1 fully saturated rings. The maximum Gasteiger partial charge on any atom is 0.247 e. The van der Waals surface area contributed by atoms with E-state index in [4.69, 9.17) is 0 Å². The van der Waals surface area contributed by atoms with Gasteiger partial charge in [-0.15, -0.1) is 0 Å². The lowest BCUT2D eigenvalue weighted by Gasteiger charge is -2.44. The summed E-state index contributed by atoms with van der Waals surface area (Å²) in [7, 11) is 0. The number of fused-ring (bicyclic) bond motifs is 3. The number of anilines is 2. The fourth-order valence-corrected chi connectivity index (χ4v) is 3.28. The van der Waals surface area contributed by atoms with Gasteiger partial charge in [-0.1, -0.05) is 22.9 Å². The first kappa shape index (κ1) is 11.1. The van der Waals surface area contributed by atoms with Crippen LogP contribution < -0.4 is 10.2 Å². The van der Waals surface area contributed by atoms with Gasteiger partial charge in [0.25, 0.3) is 0 Å². The van der Waals surface area contributed by atoms with Crippen LogP contribution in [-0.2, 0) is 4.79 Å². The van der Waals surface area contributed by atoms with Crippen molar-refractivity contribution < 1.29 is 4.79 Å². The van der Waals surface area contributed by atoms with Crippen LogP contribution in [0.4, 0.5) is 11.4 Å². The highest BCUT2D eigenvalue weighted by Crippen LogP contribution is 2.39. The van der Waals surface area contributed by atoms with Gasteiger partial charge >= 0.3 is 0 Å². The molecule has 1 saturated heterocycles. The fraction of sp³-hybridized carbons (Fsp3) is 0.462. The van der Waals surface area contributed by atoms with Crippen LogP contribution in [0.1, 0.15) is 19.8 Å². The Bertz CT molecular complexity index is 474. The molecule has 17 heavy (non-hydrogen) atoms. The molecular formula is C13H15BrN2O. The zero-order valence-corrected chi connectivity index (χ0v) is 11.3. The van der Waals surface area contributed by atoms with E-state index < -0.39 is 0 Å². The Morgan fingerprint density at radius 2 is 2.29 bits per heavy atom. The summed E-state index contributed by atoms with van der Waals surface area (Å²) < 4.78 is 1.00. The van der Waals surface area contributed by atoms with Crippen LogP contribution in [0.25, 0.3) is 0 Å². The summed E-state index contributed by atoms with van der Waals surface area (Å²) in [5, 5.41) is 3.02. The number of halogens is 1. The summed E-state index contributed by atoms with van der Waals surface area (Å²) in [5.41, 5.74) is 2.08. The number of nitrogens with one attached hydrogen (secondary N) is 1. The lowest BCUT2D eigenvalue weighted by Crippen LogP contribution is -2.54. The van der Waals surface area contributed by atoms with Crippen LogP contribution in [0, 0.1) is 5.92 Å². The molecule has 0 saturated carbocycles. The first-order valence-corrected chi connectivity index (χ1v) is 6.83. The van der Waals surface area contributed by atoms with Gasteiger partial charge in [0.05, 0.1) is 11.4 Å². The third kappa shape index (κ3) is 1.75. The monoisotopic (exact) mass is 294 g/mol. The van der Waals surface area contributed by atoms with Crippen LogP contribution in [-0.4, -0.2) is 18.5 Å². The zero-order chi connectivity index (χ0) is 12.0. The van der Waals surface area contributed by atoms with Gasteiger partial charge in [-0.05, 0) is 37.0 Å². The van der Waals surface area contributed by atoms with E-state index in [1.165, 1.54) is 6.42 Å². The lowest BCUT2D eigenvalue weighted by atomic mass is 9.88. The van der Waals surface area contributed by atoms with Gasteiger partial charge in [0.2, 0.25) is 5.91 Å². The minimum atomic E-state index is 0.0115. The van der Waals surface area contributed by atoms with Crippen LogP contribution in [0.15, 0.2) is 22.7 Å². The van der Waals surface area contributed by atoms with Crippen molar-refractivity contribution in [2.45, 2.75) is 25.8 Å². The molecule has 2 unspecified atom stereocenters. The third-order valence-electron chi connectivity index (χ3n) is 3.73. The number of benzene rings is 1. The van der Waals surface area contributed by atoms with Crippen molar-refractivity contribution in [2.24, 2.45) is 5.92 Å². The van der Waals surface area contributed by atoms with E-state index in [0.717, 1.165) is 28.8 Å². The number of carbonyl (C=O) groups is 1. The Labute approximate surface area is 109 Å². The highest BCUT2D eigenvalue weighted by Gasteiger charge is 2.38. The Balaban J connectivity index is 2.07. The van der Waals surface area contributed by atoms with E-state index in [-0.39, 0.29) is 11.9 Å². The van der Waals surface area contributed by atoms with Gasteiger partial charge in [-0.2, -0.15) is 0 Å². The molecule has 90 valence electrons. The van der Waals surface area contributed by atoms with Crippen LogP contribution >= 0.6 is 15.9 Å². The van der Waals surface area contributed by atoms with E-state index in [2.05, 4.69) is 39.1 Å². The van der Waals surface area contributed by atoms with Crippen LogP contribution in [0.3, 0.4) is 0 Å². The molecule has 2 heterocycles. The molecule has 3 rings (SSSR count). The zero-order valence-electron chi connectivity index (χ0n) is 9.74. The first-order valence-electron chi connectivity index (χ1n) is 6.04. The first-order chi connectivity index (χ1) is 8.16. The normalized spacial score (nSPS) is 27.2. The van der Waals surface area contributed by atoms with Crippen molar-refractivity contribution in [1.29, 1.82) is 0 Å². The number of hydrogen-bond acceptors (Lipinski definition) is 2. The Morgan fingerprint density at radius 1 is 1.47 bits per heavy atom. The SMILES string of the molecule is CC1CCCN2c3ccc(Br)cc3NC(=O)C12. The van der Waals surface area contributed by atoms with Crippen LogP contribution in [0.2, 0.25) is 0 Å². The van der Waals surface area contributed by atoms with E-state index in [1.807, 2.05) is 12.1 Å². The summed E-state index contributed by atoms with van der Waals surface area (Å²) >= 11 is 3.44. The average Bonchev–Trinajstić information content (AvgIpc) is 2.28. The Morgan fingerprint density at radius 3 is 3.12 bits per heavy atom. The smallest absolute Gasteiger partial charge is 0.247 e. The summed E-state index contributed by atoms with van der Waals surface area (Å²) in [6.45, 7) is 3.15. The summed E-state index contributed by atoms with van der Waals surface area (Å²) in [6, 6.07) is 6.11. The second-order valence-corrected chi connectivity index (χ2v) is 5.82. The van der Waals surface area contributed by atoms with E-state index >= 15 is 0 Å². The van der Waals surface area contributed by atoms with Gasteiger partial charge in [0.1, 0.15) is 6.04 Å². The summed E-state index contributed by atoms with van der Waals surface area (Å²) in [6.07, 6.45) is 2.31. The maximum atomic E-state index is 12.1. The molecule has 2 atom stereocenters. The second kappa shape index (κ2) is 4.02. The van der Waals surface area contributed by atoms with Crippen molar-refractivity contribution in [3.8, 4) is 0 Å². The Kier molecular flexibility index (Phi) is 2.62. The predicted molar refractivity (Wildman–Crippen MR) is 72.3 cm³/mol. The highest BCUT2D eigenvalue weighted by atomic mass is 79.9. The van der Waals surface area contributed by atoms with Crippen molar-refractivity contribution >= 4 is 33.2 Å². The molecule has 0 aliphatic carbocycles. The highest BCUT2D eigenvalue weighted by molar-refractivity contribution is 9.10. The third-order valence-corrected chi connectivity index (χ3v) is 4.22. The van der Waals surface area contributed by atoms with Gasteiger partial charge in [-0.25, -0.2) is 0 Å². The number of nitrogens with zero attached hydrogens (tertiary/aromatic N) is 1. The summed E-state index contributed by atoms with van der Waals surface area (Å²) in [5.74, 6) is 0.573. The van der Waals surface area contributed by atoms with Crippen molar-refractivity contribution in [3.63, 3.8) is 0 Å². The average molecular weight is 295 g/mol. The number of hydrogen-bond donors (Lipinski definition) is 1. The standard InChI is InChI=1S/C13H15BrN2O/c1-8-3-2-6-16-11-5-4-9(14)7-10(11)15-13(17)12(8)16/h4-5,7-8,12H,2-3,6H2,1H3,(H,15,17).